The summed E-state index contributed by atoms with van der Waals surface area (Å²) in [5.74, 6) is 0.523. The van der Waals surface area contributed by atoms with Crippen molar-refractivity contribution in [1.82, 2.24) is 0 Å². The van der Waals surface area contributed by atoms with E-state index in [1.807, 2.05) is 6.07 Å². The van der Waals surface area contributed by atoms with E-state index in [0.29, 0.717) is 24.5 Å². The molecule has 4 nitrogen and oxygen atoms in total. The van der Waals surface area contributed by atoms with Crippen LogP contribution in [0.3, 0.4) is 0 Å². The maximum absolute atomic E-state index is 14.9. The minimum Gasteiger partial charge on any atom is -0.458 e. The zero-order chi connectivity index (χ0) is 22.1. The smallest absolute Gasteiger partial charge is 0.341 e. The van der Waals surface area contributed by atoms with Crippen LogP contribution in [-0.4, -0.2) is 18.7 Å². The lowest BCUT2D eigenvalue weighted by Gasteiger charge is -2.28. The van der Waals surface area contributed by atoms with E-state index in [-0.39, 0.29) is 18.3 Å². The van der Waals surface area contributed by atoms with Crippen LogP contribution in [0.4, 0.5) is 4.39 Å². The van der Waals surface area contributed by atoms with Crippen LogP contribution in [0.15, 0.2) is 12.1 Å². The van der Waals surface area contributed by atoms with Crippen molar-refractivity contribution in [3.63, 3.8) is 0 Å². The number of halogens is 1. The molecule has 0 aromatic heterocycles. The molecule has 0 saturated heterocycles. The summed E-state index contributed by atoms with van der Waals surface area (Å²) in [5.41, 5.74) is 1.13. The molecular formula is C26H39FO4. The fourth-order valence-electron chi connectivity index (χ4n) is 5.04. The summed E-state index contributed by atoms with van der Waals surface area (Å²) in [7, 11) is 0. The highest BCUT2D eigenvalue weighted by molar-refractivity contribution is 5.92. The highest BCUT2D eigenvalue weighted by atomic mass is 19.1. The molecule has 0 radical (unpaired) electrons. The maximum Gasteiger partial charge on any atom is 0.341 e. The quantitative estimate of drug-likeness (QED) is 0.155. The van der Waals surface area contributed by atoms with Crippen LogP contribution in [0, 0.1) is 17.7 Å². The fraction of sp³-hybridized carbons (Fsp3) is 0.731. The monoisotopic (exact) mass is 434 g/mol. The number of unbranched alkanes of at least 4 members (excludes halogenated alkanes) is 2. The van der Waals surface area contributed by atoms with Gasteiger partial charge in [0.2, 0.25) is 0 Å². The molecule has 5 heteroatoms. The number of fused-ring (bicyclic) bond motifs is 1. The molecule has 1 saturated carbocycles. The number of cyclic esters (lactones) is 1. The summed E-state index contributed by atoms with van der Waals surface area (Å²) in [6.45, 7) is 4.92. The summed E-state index contributed by atoms with van der Waals surface area (Å²) in [6.07, 6.45) is 13.4. The molecule has 1 aliphatic carbocycles. The minimum absolute atomic E-state index is 0.00440. The Morgan fingerprint density at radius 2 is 1.71 bits per heavy atom. The van der Waals surface area contributed by atoms with Crippen LogP contribution in [-0.2, 0) is 27.5 Å². The third-order valence-electron chi connectivity index (χ3n) is 6.93. The Hall–Kier alpha value is -1.46. The molecule has 3 rings (SSSR count). The van der Waals surface area contributed by atoms with Gasteiger partial charge < -0.3 is 4.74 Å². The molecular weight excluding hydrogens is 395 g/mol. The minimum atomic E-state index is -0.554. The van der Waals surface area contributed by atoms with Gasteiger partial charge in [-0.2, -0.15) is 0 Å². The average Bonchev–Trinajstić information content (AvgIpc) is 2.76. The molecule has 1 unspecified atom stereocenters. The average molecular weight is 435 g/mol. The molecule has 1 aromatic rings. The third kappa shape index (κ3) is 7.01. The Morgan fingerprint density at radius 1 is 0.968 bits per heavy atom. The number of hydrogen-bond donors (Lipinski definition) is 0. The lowest BCUT2D eigenvalue weighted by molar-refractivity contribution is -0.306. The Labute approximate surface area is 186 Å². The Kier molecular flexibility index (Phi) is 9.79. The zero-order valence-electron chi connectivity index (χ0n) is 19.3. The molecule has 174 valence electrons. The Morgan fingerprint density at radius 3 is 2.42 bits per heavy atom. The summed E-state index contributed by atoms with van der Waals surface area (Å²) < 4.78 is 20.4. The van der Waals surface area contributed by atoms with E-state index in [1.165, 1.54) is 38.5 Å². The van der Waals surface area contributed by atoms with E-state index < -0.39 is 11.8 Å². The lowest BCUT2D eigenvalue weighted by atomic mass is 9.79. The van der Waals surface area contributed by atoms with Gasteiger partial charge in [-0.1, -0.05) is 77.3 Å². The number of carbonyl (C=O) groups excluding carboxylic acids is 1. The van der Waals surface area contributed by atoms with Crippen LogP contribution >= 0.6 is 0 Å². The van der Waals surface area contributed by atoms with Crippen molar-refractivity contribution in [2.75, 3.05) is 6.61 Å². The predicted octanol–water partition coefficient (Wildman–Crippen LogP) is 6.93. The number of esters is 1. The molecule has 1 aliphatic heterocycles. The molecule has 1 heterocycles. The van der Waals surface area contributed by atoms with Crippen molar-refractivity contribution in [2.24, 2.45) is 11.8 Å². The molecule has 31 heavy (non-hydrogen) atoms. The molecule has 1 aromatic carbocycles. The topological polar surface area (TPSA) is 44.8 Å². The van der Waals surface area contributed by atoms with Crippen LogP contribution in [0.2, 0.25) is 0 Å². The van der Waals surface area contributed by atoms with E-state index in [4.69, 9.17) is 14.5 Å². The standard InChI is InChI=1S/C26H39FO4/c1-3-5-6-8-23-17-21-13-14-22(25(27)24(21)26(28)31-23)18-30-29-16-15-20-11-9-19(7-4-2)10-12-20/h13-14,19-20,23H,3-12,15-18H2,1-2H3. The van der Waals surface area contributed by atoms with Crippen molar-refractivity contribution >= 4 is 5.97 Å². The number of benzene rings is 1. The predicted molar refractivity (Wildman–Crippen MR) is 119 cm³/mol. The van der Waals surface area contributed by atoms with Crippen molar-refractivity contribution in [3.8, 4) is 0 Å². The van der Waals surface area contributed by atoms with Gasteiger partial charge in [0.1, 0.15) is 18.5 Å². The van der Waals surface area contributed by atoms with Crippen molar-refractivity contribution in [1.29, 1.82) is 0 Å². The highest BCUT2D eigenvalue weighted by Crippen LogP contribution is 2.33. The van der Waals surface area contributed by atoms with Gasteiger partial charge >= 0.3 is 5.97 Å². The molecule has 0 amide bonds. The van der Waals surface area contributed by atoms with E-state index in [2.05, 4.69) is 13.8 Å². The number of ether oxygens (including phenoxy) is 1. The van der Waals surface area contributed by atoms with E-state index in [1.54, 1.807) is 6.07 Å². The van der Waals surface area contributed by atoms with Gasteiger partial charge in [-0.05, 0) is 36.7 Å². The van der Waals surface area contributed by atoms with Gasteiger partial charge in [-0.3, -0.25) is 0 Å². The van der Waals surface area contributed by atoms with Crippen LogP contribution in [0.25, 0.3) is 0 Å². The SMILES string of the molecule is CCCCCC1Cc2ccc(COOCCC3CCC(CCC)CC3)c(F)c2C(=O)O1. The first-order valence-electron chi connectivity index (χ1n) is 12.4. The number of carbonyl (C=O) groups is 1. The first-order valence-corrected chi connectivity index (χ1v) is 12.4. The van der Waals surface area contributed by atoms with Gasteiger partial charge in [0.05, 0.1) is 12.2 Å². The van der Waals surface area contributed by atoms with Gasteiger partial charge in [0.15, 0.2) is 0 Å². The summed E-state index contributed by atoms with van der Waals surface area (Å²) >= 11 is 0. The molecule has 2 aliphatic rings. The fourth-order valence-corrected chi connectivity index (χ4v) is 5.04. The van der Waals surface area contributed by atoms with Gasteiger partial charge in [0.25, 0.3) is 0 Å². The van der Waals surface area contributed by atoms with Crippen molar-refractivity contribution in [2.45, 2.75) is 104 Å². The zero-order valence-corrected chi connectivity index (χ0v) is 19.3. The van der Waals surface area contributed by atoms with Crippen LogP contribution in [0.5, 0.6) is 0 Å². The van der Waals surface area contributed by atoms with Gasteiger partial charge in [0, 0.05) is 12.0 Å². The first kappa shape index (κ1) is 24.2. The summed E-state index contributed by atoms with van der Waals surface area (Å²) in [5, 5.41) is 0. The largest absolute Gasteiger partial charge is 0.458 e. The molecule has 1 atom stereocenters. The molecule has 0 N–H and O–H groups in total. The Balaban J connectivity index is 1.41. The number of hydrogen-bond acceptors (Lipinski definition) is 4. The molecule has 0 spiro atoms. The van der Waals surface area contributed by atoms with Crippen molar-refractivity contribution in [3.05, 3.63) is 34.6 Å². The second kappa shape index (κ2) is 12.5. The van der Waals surface area contributed by atoms with Gasteiger partial charge in [-0.15, -0.1) is 0 Å². The molecule has 1 fully saturated rings. The second-order valence-electron chi connectivity index (χ2n) is 9.35. The van der Waals surface area contributed by atoms with Gasteiger partial charge in [-0.25, -0.2) is 19.0 Å². The maximum atomic E-state index is 14.9. The normalized spacial score (nSPS) is 23.5. The van der Waals surface area contributed by atoms with Crippen molar-refractivity contribution < 1.29 is 23.7 Å². The summed E-state index contributed by atoms with van der Waals surface area (Å²) in [4.78, 5) is 23.0. The van der Waals surface area contributed by atoms with Crippen LogP contribution < -0.4 is 0 Å². The third-order valence-corrected chi connectivity index (χ3v) is 6.93. The first-order chi connectivity index (χ1) is 15.1. The second-order valence-corrected chi connectivity index (χ2v) is 9.35. The van der Waals surface area contributed by atoms with E-state index >= 15 is 0 Å². The molecule has 0 bridgehead atoms. The van der Waals surface area contributed by atoms with E-state index in [0.717, 1.165) is 43.6 Å². The van der Waals surface area contributed by atoms with Crippen LogP contribution in [0.1, 0.15) is 106 Å². The van der Waals surface area contributed by atoms with E-state index in [9.17, 15) is 9.18 Å². The highest BCUT2D eigenvalue weighted by Gasteiger charge is 2.30. The lowest BCUT2D eigenvalue weighted by Crippen LogP contribution is -2.29. The Bertz CT molecular complexity index is 697. The summed E-state index contributed by atoms with van der Waals surface area (Å²) in [6, 6.07) is 3.54. The number of rotatable bonds is 12.